The van der Waals surface area contributed by atoms with Crippen LogP contribution in [0.5, 0.6) is 0 Å². The Morgan fingerprint density at radius 3 is 1.39 bits per heavy atom. The van der Waals surface area contributed by atoms with E-state index in [-0.39, 0.29) is 24.5 Å². The highest BCUT2D eigenvalue weighted by atomic mass is 19.1. The second-order valence-corrected chi connectivity index (χ2v) is 6.54. The minimum Gasteiger partial charge on any atom is -0.468 e. The molecule has 0 aliphatic rings. The van der Waals surface area contributed by atoms with Crippen molar-refractivity contribution in [1.29, 1.82) is 0 Å². The first-order chi connectivity index (χ1) is 15.9. The Kier molecular flexibility index (Phi) is 9.27. The fourth-order valence-electron chi connectivity index (χ4n) is 2.58. The minimum atomic E-state index is -1.78. The molecule has 0 atom stereocenters. The van der Waals surface area contributed by atoms with Crippen LogP contribution in [0, 0.1) is 64.4 Å². The first-order valence-corrected chi connectivity index (χ1v) is 9.57. The molecule has 2 aromatic rings. The number of halogens is 2. The predicted molar refractivity (Wildman–Crippen MR) is 118 cm³/mol. The third-order valence-electron chi connectivity index (χ3n) is 4.34. The minimum absolute atomic E-state index is 0.246. The van der Waals surface area contributed by atoms with Crippen molar-refractivity contribution < 1.29 is 27.8 Å². The molecule has 0 heterocycles. The molecule has 0 aliphatic heterocycles. The zero-order valence-electron chi connectivity index (χ0n) is 17.9. The Morgan fingerprint density at radius 1 is 0.697 bits per heavy atom. The van der Waals surface area contributed by atoms with Gasteiger partial charge in [0.25, 0.3) is 0 Å². The van der Waals surface area contributed by atoms with Gasteiger partial charge in [-0.25, -0.2) is 8.78 Å². The van der Waals surface area contributed by atoms with Gasteiger partial charge in [-0.3, -0.25) is 9.59 Å². The molecule has 33 heavy (non-hydrogen) atoms. The lowest BCUT2D eigenvalue weighted by atomic mass is 9.81. The highest BCUT2D eigenvalue weighted by Gasteiger charge is 2.47. The highest BCUT2D eigenvalue weighted by Crippen LogP contribution is 2.29. The van der Waals surface area contributed by atoms with Gasteiger partial charge in [0.2, 0.25) is 0 Å². The van der Waals surface area contributed by atoms with Crippen molar-refractivity contribution in [3.63, 3.8) is 0 Å². The van der Waals surface area contributed by atoms with Gasteiger partial charge in [0, 0.05) is 24.0 Å². The SMILES string of the molecule is COC(=O)C(CC#CC#Cc1ccc(F)cc1)(CC#CC#Cc1ccc(F)cc1)C(=O)OC. The third kappa shape index (κ3) is 7.29. The van der Waals surface area contributed by atoms with Crippen LogP contribution in [0.3, 0.4) is 0 Å². The second-order valence-electron chi connectivity index (χ2n) is 6.54. The van der Waals surface area contributed by atoms with Crippen molar-refractivity contribution in [1.82, 2.24) is 0 Å². The summed E-state index contributed by atoms with van der Waals surface area (Å²) in [7, 11) is 2.28. The Balaban J connectivity index is 2.22. The van der Waals surface area contributed by atoms with Gasteiger partial charge in [0.15, 0.2) is 5.41 Å². The van der Waals surface area contributed by atoms with E-state index in [0.717, 1.165) is 14.2 Å². The molecule has 2 rings (SSSR count). The Morgan fingerprint density at radius 2 is 1.06 bits per heavy atom. The Bertz CT molecular complexity index is 1150. The molecular weight excluding hydrogens is 426 g/mol. The molecule has 0 aromatic heterocycles. The summed E-state index contributed by atoms with van der Waals surface area (Å²) < 4.78 is 35.5. The first-order valence-electron chi connectivity index (χ1n) is 9.57. The lowest BCUT2D eigenvalue weighted by Gasteiger charge is -2.23. The van der Waals surface area contributed by atoms with Crippen molar-refractivity contribution in [2.24, 2.45) is 5.41 Å². The molecule has 0 spiro atoms. The molecule has 0 saturated carbocycles. The summed E-state index contributed by atoms with van der Waals surface area (Å²) in [4.78, 5) is 24.9. The predicted octanol–water partition coefficient (Wildman–Crippen LogP) is 3.49. The first kappa shape index (κ1) is 24.7. The number of benzene rings is 2. The summed E-state index contributed by atoms with van der Waals surface area (Å²) in [6, 6.07) is 11.1. The maximum absolute atomic E-state index is 12.9. The molecule has 6 heteroatoms. The molecule has 0 saturated heterocycles. The Labute approximate surface area is 191 Å². The molecule has 2 aromatic carbocycles. The van der Waals surface area contributed by atoms with E-state index in [9.17, 15) is 18.4 Å². The van der Waals surface area contributed by atoms with Crippen LogP contribution >= 0.6 is 0 Å². The van der Waals surface area contributed by atoms with E-state index in [1.54, 1.807) is 0 Å². The summed E-state index contributed by atoms with van der Waals surface area (Å²) in [5.74, 6) is 18.6. The van der Waals surface area contributed by atoms with Gasteiger partial charge < -0.3 is 9.47 Å². The van der Waals surface area contributed by atoms with Crippen molar-refractivity contribution >= 4 is 11.9 Å². The maximum atomic E-state index is 12.9. The number of methoxy groups -OCH3 is 2. The standard InChI is InChI=1S/C27H18F2O4/c1-32-25(30)27(26(31)33-2,19-7-3-5-9-21-11-15-23(28)16-12-21)20-8-4-6-10-22-13-17-24(29)18-14-22/h11-18H,19-20H2,1-2H3. The fraction of sp³-hybridized carbons (Fsp3) is 0.185. The lowest BCUT2D eigenvalue weighted by molar-refractivity contribution is -0.168. The normalized spacial score (nSPS) is 9.33. The number of carbonyl (C=O) groups is 2. The smallest absolute Gasteiger partial charge is 0.325 e. The molecule has 0 amide bonds. The van der Waals surface area contributed by atoms with Gasteiger partial charge in [-0.2, -0.15) is 0 Å². The molecule has 164 valence electrons. The number of hydrogen-bond acceptors (Lipinski definition) is 4. The molecule has 0 aliphatic carbocycles. The van der Waals surface area contributed by atoms with E-state index in [1.807, 2.05) is 0 Å². The van der Waals surface area contributed by atoms with Crippen LogP contribution in [0.4, 0.5) is 8.78 Å². The van der Waals surface area contributed by atoms with Crippen LogP contribution < -0.4 is 0 Å². The van der Waals surface area contributed by atoms with Gasteiger partial charge >= 0.3 is 11.9 Å². The van der Waals surface area contributed by atoms with E-state index in [1.165, 1.54) is 48.5 Å². The van der Waals surface area contributed by atoms with Crippen molar-refractivity contribution in [2.45, 2.75) is 12.8 Å². The van der Waals surface area contributed by atoms with Crippen LogP contribution in [-0.2, 0) is 19.1 Å². The zero-order chi connectivity index (χ0) is 24.1. The quantitative estimate of drug-likeness (QED) is 0.412. The van der Waals surface area contributed by atoms with Gasteiger partial charge in [0.05, 0.1) is 14.2 Å². The maximum Gasteiger partial charge on any atom is 0.325 e. The monoisotopic (exact) mass is 444 g/mol. The fourth-order valence-corrected chi connectivity index (χ4v) is 2.58. The largest absolute Gasteiger partial charge is 0.468 e. The van der Waals surface area contributed by atoms with Crippen LogP contribution in [0.25, 0.3) is 0 Å². The second kappa shape index (κ2) is 12.4. The van der Waals surface area contributed by atoms with Gasteiger partial charge in [-0.15, -0.1) is 0 Å². The van der Waals surface area contributed by atoms with Crippen molar-refractivity contribution in [3.8, 4) is 47.4 Å². The number of carbonyl (C=O) groups excluding carboxylic acids is 2. The number of rotatable bonds is 4. The summed E-state index contributed by atoms with van der Waals surface area (Å²) in [6.07, 6.45) is -0.491. The molecule has 4 nitrogen and oxygen atoms in total. The van der Waals surface area contributed by atoms with Crippen LogP contribution in [-0.4, -0.2) is 26.2 Å². The summed E-state index contributed by atoms with van der Waals surface area (Å²) in [6.45, 7) is 0. The topological polar surface area (TPSA) is 52.6 Å². The average molecular weight is 444 g/mol. The lowest BCUT2D eigenvalue weighted by Crippen LogP contribution is -2.40. The Hall–Kier alpha value is -4.52. The molecule has 0 fully saturated rings. The van der Waals surface area contributed by atoms with E-state index in [2.05, 4.69) is 47.4 Å². The summed E-state index contributed by atoms with van der Waals surface area (Å²) >= 11 is 0. The van der Waals surface area contributed by atoms with E-state index >= 15 is 0 Å². The third-order valence-corrected chi connectivity index (χ3v) is 4.34. The van der Waals surface area contributed by atoms with Gasteiger partial charge in [0.1, 0.15) is 11.6 Å². The van der Waals surface area contributed by atoms with E-state index < -0.39 is 17.4 Å². The molecule has 0 radical (unpaired) electrons. The number of esters is 2. The van der Waals surface area contributed by atoms with Crippen LogP contribution in [0.2, 0.25) is 0 Å². The molecule has 0 N–H and O–H groups in total. The van der Waals surface area contributed by atoms with Gasteiger partial charge in [-0.05, 0) is 72.2 Å². The zero-order valence-corrected chi connectivity index (χ0v) is 17.9. The molecule has 0 bridgehead atoms. The van der Waals surface area contributed by atoms with E-state index in [0.29, 0.717) is 11.1 Å². The van der Waals surface area contributed by atoms with E-state index in [4.69, 9.17) is 9.47 Å². The molecule has 0 unspecified atom stereocenters. The van der Waals surface area contributed by atoms with Crippen LogP contribution in [0.1, 0.15) is 24.0 Å². The summed E-state index contributed by atoms with van der Waals surface area (Å²) in [5, 5.41) is 0. The van der Waals surface area contributed by atoms with Crippen LogP contribution in [0.15, 0.2) is 48.5 Å². The van der Waals surface area contributed by atoms with Gasteiger partial charge in [-0.1, -0.05) is 23.7 Å². The average Bonchev–Trinajstić information content (AvgIpc) is 2.83. The highest BCUT2D eigenvalue weighted by molar-refractivity contribution is 6.00. The summed E-state index contributed by atoms with van der Waals surface area (Å²) in [5.41, 5.74) is -0.662. The van der Waals surface area contributed by atoms with Crippen molar-refractivity contribution in [3.05, 3.63) is 71.3 Å². The number of ether oxygens (including phenoxy) is 2. The van der Waals surface area contributed by atoms with Crippen molar-refractivity contribution in [2.75, 3.05) is 14.2 Å². The number of hydrogen-bond donors (Lipinski definition) is 0. The molecular formula is C27H18F2O4.